The van der Waals surface area contributed by atoms with E-state index in [1.165, 1.54) is 0 Å². The monoisotopic (exact) mass is 305 g/mol. The molecule has 0 spiro atoms. The van der Waals surface area contributed by atoms with E-state index >= 15 is 0 Å². The van der Waals surface area contributed by atoms with Gasteiger partial charge in [0.2, 0.25) is 0 Å². The van der Waals surface area contributed by atoms with Gasteiger partial charge < -0.3 is 5.73 Å². The van der Waals surface area contributed by atoms with Gasteiger partial charge in [-0.2, -0.15) is 0 Å². The van der Waals surface area contributed by atoms with Crippen molar-refractivity contribution in [3.63, 3.8) is 0 Å². The van der Waals surface area contributed by atoms with Crippen LogP contribution in [0.25, 0.3) is 0 Å². The molecular formula is C11H16BrNO2S. The molecule has 5 heteroatoms. The average Bonchev–Trinajstić information content (AvgIpc) is 2.16. The van der Waals surface area contributed by atoms with Crippen LogP contribution in [0.3, 0.4) is 0 Å². The van der Waals surface area contributed by atoms with Crippen molar-refractivity contribution in [2.45, 2.75) is 18.7 Å². The fourth-order valence-electron chi connectivity index (χ4n) is 1.35. The van der Waals surface area contributed by atoms with Crippen LogP contribution in [0, 0.1) is 5.41 Å². The number of hydrogen-bond acceptors (Lipinski definition) is 3. The highest BCUT2D eigenvalue weighted by Gasteiger charge is 2.27. The molecule has 0 radical (unpaired) electrons. The summed E-state index contributed by atoms with van der Waals surface area (Å²) in [4.78, 5) is 0.330. The number of sulfone groups is 1. The summed E-state index contributed by atoms with van der Waals surface area (Å²) in [6, 6.07) is 6.83. The van der Waals surface area contributed by atoms with E-state index < -0.39 is 15.3 Å². The highest BCUT2D eigenvalue weighted by Crippen LogP contribution is 2.26. The summed E-state index contributed by atoms with van der Waals surface area (Å²) in [5.41, 5.74) is 5.14. The third kappa shape index (κ3) is 3.30. The molecule has 90 valence electrons. The predicted octanol–water partition coefficient (Wildman–Crippen LogP) is 2.21. The predicted molar refractivity (Wildman–Crippen MR) is 69.0 cm³/mol. The molecule has 0 saturated heterocycles. The minimum Gasteiger partial charge on any atom is -0.330 e. The van der Waals surface area contributed by atoms with Crippen LogP contribution < -0.4 is 5.73 Å². The minimum absolute atomic E-state index is 0.0547. The Hall–Kier alpha value is -0.390. The Bertz CT molecular complexity index is 469. The van der Waals surface area contributed by atoms with Crippen LogP contribution in [-0.2, 0) is 9.84 Å². The zero-order valence-electron chi connectivity index (χ0n) is 9.40. The first-order valence-corrected chi connectivity index (χ1v) is 7.40. The van der Waals surface area contributed by atoms with Gasteiger partial charge in [0, 0.05) is 4.47 Å². The zero-order chi connectivity index (χ0) is 12.4. The molecule has 3 nitrogen and oxygen atoms in total. The molecule has 0 aromatic heterocycles. The quantitative estimate of drug-likeness (QED) is 0.928. The van der Waals surface area contributed by atoms with Crippen LogP contribution in [-0.4, -0.2) is 20.7 Å². The van der Waals surface area contributed by atoms with E-state index in [0.29, 0.717) is 15.9 Å². The van der Waals surface area contributed by atoms with Crippen LogP contribution in [0.2, 0.25) is 0 Å². The van der Waals surface area contributed by atoms with Crippen molar-refractivity contribution in [1.82, 2.24) is 0 Å². The van der Waals surface area contributed by atoms with Gasteiger partial charge in [-0.1, -0.05) is 26.0 Å². The SMILES string of the molecule is CC(C)(CN)CS(=O)(=O)c1ccccc1Br. The molecule has 16 heavy (non-hydrogen) atoms. The van der Waals surface area contributed by atoms with Crippen molar-refractivity contribution in [3.05, 3.63) is 28.7 Å². The van der Waals surface area contributed by atoms with Crippen molar-refractivity contribution < 1.29 is 8.42 Å². The summed E-state index contributed by atoms with van der Waals surface area (Å²) in [6.07, 6.45) is 0. The molecule has 0 fully saturated rings. The van der Waals surface area contributed by atoms with Crippen molar-refractivity contribution in [2.24, 2.45) is 11.1 Å². The summed E-state index contributed by atoms with van der Waals surface area (Å²) >= 11 is 3.25. The molecule has 0 aliphatic rings. The Labute approximate surface area is 105 Å². The highest BCUT2D eigenvalue weighted by molar-refractivity contribution is 9.10. The van der Waals surface area contributed by atoms with Gasteiger partial charge in [0.25, 0.3) is 0 Å². The van der Waals surface area contributed by atoms with Gasteiger partial charge in [0.05, 0.1) is 10.6 Å². The molecule has 0 unspecified atom stereocenters. The second-order valence-electron chi connectivity index (χ2n) is 4.56. The second kappa shape index (κ2) is 4.85. The molecule has 0 atom stereocenters. The minimum atomic E-state index is -3.29. The van der Waals surface area contributed by atoms with E-state index in [4.69, 9.17) is 5.73 Å². The third-order valence-electron chi connectivity index (χ3n) is 2.31. The van der Waals surface area contributed by atoms with Crippen LogP contribution in [0.15, 0.2) is 33.6 Å². The van der Waals surface area contributed by atoms with Gasteiger partial charge in [0.15, 0.2) is 9.84 Å². The third-order valence-corrected chi connectivity index (χ3v) is 5.45. The van der Waals surface area contributed by atoms with E-state index in [9.17, 15) is 8.42 Å². The lowest BCUT2D eigenvalue weighted by Gasteiger charge is -2.22. The number of benzene rings is 1. The molecule has 1 aromatic carbocycles. The summed E-state index contributed by atoms with van der Waals surface area (Å²) in [7, 11) is -3.29. The average molecular weight is 306 g/mol. The van der Waals surface area contributed by atoms with Gasteiger partial charge >= 0.3 is 0 Å². The lowest BCUT2D eigenvalue weighted by molar-refractivity contribution is 0.425. The molecule has 1 rings (SSSR count). The molecule has 1 aromatic rings. The fraction of sp³-hybridized carbons (Fsp3) is 0.455. The maximum atomic E-state index is 12.1. The first-order chi connectivity index (χ1) is 7.28. The summed E-state index contributed by atoms with van der Waals surface area (Å²) < 4.78 is 24.9. The first kappa shape index (κ1) is 13.7. The van der Waals surface area contributed by atoms with Crippen molar-refractivity contribution in [1.29, 1.82) is 0 Å². The van der Waals surface area contributed by atoms with Gasteiger partial charge in [-0.15, -0.1) is 0 Å². The van der Waals surface area contributed by atoms with E-state index in [1.807, 2.05) is 13.8 Å². The van der Waals surface area contributed by atoms with E-state index in [2.05, 4.69) is 15.9 Å². The lowest BCUT2D eigenvalue weighted by atomic mass is 9.97. The number of halogens is 1. The number of rotatable bonds is 4. The summed E-state index contributed by atoms with van der Waals surface area (Å²) in [6.45, 7) is 4.04. The highest BCUT2D eigenvalue weighted by atomic mass is 79.9. The van der Waals surface area contributed by atoms with Crippen LogP contribution in [0.1, 0.15) is 13.8 Å². The van der Waals surface area contributed by atoms with Gasteiger partial charge in [0.1, 0.15) is 0 Å². The molecule has 0 heterocycles. The van der Waals surface area contributed by atoms with E-state index in [-0.39, 0.29) is 5.75 Å². The Kier molecular flexibility index (Phi) is 4.15. The Morgan fingerprint density at radius 2 is 1.88 bits per heavy atom. The second-order valence-corrected chi connectivity index (χ2v) is 7.37. The number of hydrogen-bond donors (Lipinski definition) is 1. The molecule has 0 aliphatic heterocycles. The first-order valence-electron chi connectivity index (χ1n) is 4.96. The van der Waals surface area contributed by atoms with Crippen molar-refractivity contribution >= 4 is 25.8 Å². The zero-order valence-corrected chi connectivity index (χ0v) is 11.8. The Morgan fingerprint density at radius 3 is 2.38 bits per heavy atom. The van der Waals surface area contributed by atoms with E-state index in [0.717, 1.165) is 0 Å². The van der Waals surface area contributed by atoms with Gasteiger partial charge in [-0.3, -0.25) is 0 Å². The summed E-state index contributed by atoms with van der Waals surface area (Å²) in [5.74, 6) is 0.0547. The molecule has 0 saturated carbocycles. The maximum Gasteiger partial charge on any atom is 0.180 e. The van der Waals surface area contributed by atoms with Gasteiger partial charge in [-0.05, 0) is 40.0 Å². The number of nitrogens with two attached hydrogens (primary N) is 1. The molecule has 0 aliphatic carbocycles. The van der Waals surface area contributed by atoms with Crippen LogP contribution in [0.5, 0.6) is 0 Å². The topological polar surface area (TPSA) is 60.2 Å². The molecule has 0 bridgehead atoms. The van der Waals surface area contributed by atoms with Crippen LogP contribution >= 0.6 is 15.9 Å². The molecular weight excluding hydrogens is 290 g/mol. The molecule has 2 N–H and O–H groups in total. The molecule has 0 amide bonds. The van der Waals surface area contributed by atoms with Crippen molar-refractivity contribution in [3.8, 4) is 0 Å². The lowest BCUT2D eigenvalue weighted by Crippen LogP contribution is -2.31. The largest absolute Gasteiger partial charge is 0.330 e. The standard InChI is InChI=1S/C11H16BrNO2S/c1-11(2,7-13)8-16(14,15)10-6-4-3-5-9(10)12/h3-6H,7-8,13H2,1-2H3. The van der Waals surface area contributed by atoms with E-state index in [1.54, 1.807) is 24.3 Å². The maximum absolute atomic E-state index is 12.1. The Morgan fingerprint density at radius 1 is 1.31 bits per heavy atom. The van der Waals surface area contributed by atoms with Crippen molar-refractivity contribution in [2.75, 3.05) is 12.3 Å². The Balaban J connectivity index is 3.09. The summed E-state index contributed by atoms with van der Waals surface area (Å²) in [5, 5.41) is 0. The normalized spacial score (nSPS) is 12.8. The fourth-order valence-corrected chi connectivity index (χ4v) is 4.33. The smallest absolute Gasteiger partial charge is 0.180 e. The van der Waals surface area contributed by atoms with Gasteiger partial charge in [-0.25, -0.2) is 8.42 Å². The van der Waals surface area contributed by atoms with Crippen LogP contribution in [0.4, 0.5) is 0 Å².